The Labute approximate surface area is 133 Å². The van der Waals surface area contributed by atoms with Gasteiger partial charge in [-0.15, -0.1) is 0 Å². The molecular formula is C14H19N7O2. The van der Waals surface area contributed by atoms with Crippen LogP contribution in [-0.2, 0) is 7.05 Å². The van der Waals surface area contributed by atoms with E-state index in [1.807, 2.05) is 4.90 Å². The summed E-state index contributed by atoms with van der Waals surface area (Å²) in [6, 6.07) is 1.79. The minimum absolute atomic E-state index is 0.0944. The maximum atomic E-state index is 11.4. The maximum Gasteiger partial charge on any atom is 0.333 e. The van der Waals surface area contributed by atoms with Crippen molar-refractivity contribution in [2.45, 2.75) is 13.3 Å². The quantitative estimate of drug-likeness (QED) is 0.619. The van der Waals surface area contributed by atoms with Crippen molar-refractivity contribution >= 4 is 17.5 Å². The van der Waals surface area contributed by atoms with Crippen LogP contribution >= 0.6 is 0 Å². The molecule has 2 aromatic rings. The number of anilines is 2. The van der Waals surface area contributed by atoms with E-state index in [0.29, 0.717) is 30.5 Å². The third-order valence-electron chi connectivity index (χ3n) is 3.97. The largest absolute Gasteiger partial charge is 0.349 e. The van der Waals surface area contributed by atoms with Crippen LogP contribution in [0.3, 0.4) is 0 Å². The lowest BCUT2D eigenvalue weighted by molar-refractivity contribution is -0.384. The zero-order valence-corrected chi connectivity index (χ0v) is 13.2. The molecule has 0 spiro atoms. The Bertz CT molecular complexity index is 701. The molecule has 3 rings (SSSR count). The minimum Gasteiger partial charge on any atom is -0.349 e. The summed E-state index contributed by atoms with van der Waals surface area (Å²) in [6.07, 6.45) is 4.32. The van der Waals surface area contributed by atoms with Crippen LogP contribution in [0.2, 0.25) is 0 Å². The first-order valence-corrected chi connectivity index (χ1v) is 7.53. The summed E-state index contributed by atoms with van der Waals surface area (Å²) in [6.45, 7) is 4.61. The molecule has 0 atom stereocenters. The van der Waals surface area contributed by atoms with Gasteiger partial charge in [-0.2, -0.15) is 5.10 Å². The molecule has 3 heterocycles. The molecule has 1 aliphatic rings. The lowest BCUT2D eigenvalue weighted by atomic mass is 10.3. The van der Waals surface area contributed by atoms with Gasteiger partial charge in [0.15, 0.2) is 0 Å². The molecule has 23 heavy (non-hydrogen) atoms. The van der Waals surface area contributed by atoms with Crippen LogP contribution in [0, 0.1) is 17.0 Å². The molecule has 0 aliphatic carbocycles. The Kier molecular flexibility index (Phi) is 4.09. The lowest BCUT2D eigenvalue weighted by Gasteiger charge is -2.22. The highest BCUT2D eigenvalue weighted by Gasteiger charge is 2.29. The fourth-order valence-corrected chi connectivity index (χ4v) is 2.99. The van der Waals surface area contributed by atoms with Crippen LogP contribution in [-0.4, -0.2) is 50.9 Å². The molecule has 2 aromatic heterocycles. The normalized spacial score (nSPS) is 15.6. The molecule has 0 amide bonds. The predicted molar refractivity (Wildman–Crippen MR) is 85.7 cm³/mol. The van der Waals surface area contributed by atoms with Gasteiger partial charge in [-0.25, -0.2) is 14.6 Å². The van der Waals surface area contributed by atoms with Gasteiger partial charge >= 0.3 is 5.69 Å². The summed E-state index contributed by atoms with van der Waals surface area (Å²) in [4.78, 5) is 23.7. The fraction of sp³-hybridized carbons (Fsp3) is 0.500. The second kappa shape index (κ2) is 6.19. The standard InChI is InChI=1S/C14H19N7O2/c1-11-12(21(22)23)13(18(2)17-11)19-7-4-8-20(10-9-19)14-15-5-3-6-16-14/h3,5-6H,4,7-10H2,1-2H3. The van der Waals surface area contributed by atoms with Crippen LogP contribution in [0.4, 0.5) is 17.5 Å². The Hall–Kier alpha value is -2.71. The molecule has 1 fully saturated rings. The smallest absolute Gasteiger partial charge is 0.333 e. The Morgan fingerprint density at radius 3 is 2.48 bits per heavy atom. The van der Waals surface area contributed by atoms with Crippen molar-refractivity contribution in [3.8, 4) is 0 Å². The van der Waals surface area contributed by atoms with Gasteiger partial charge in [-0.1, -0.05) is 0 Å². The highest BCUT2D eigenvalue weighted by atomic mass is 16.6. The maximum absolute atomic E-state index is 11.4. The number of aryl methyl sites for hydroxylation is 2. The van der Waals surface area contributed by atoms with Crippen LogP contribution in [0.5, 0.6) is 0 Å². The molecule has 9 heteroatoms. The molecule has 0 bridgehead atoms. The summed E-state index contributed by atoms with van der Waals surface area (Å²) in [5, 5.41) is 15.6. The first-order valence-electron chi connectivity index (χ1n) is 7.53. The predicted octanol–water partition coefficient (Wildman–Crippen LogP) is 1.14. The van der Waals surface area contributed by atoms with Crippen molar-refractivity contribution in [1.29, 1.82) is 0 Å². The van der Waals surface area contributed by atoms with E-state index in [9.17, 15) is 10.1 Å². The Morgan fingerprint density at radius 2 is 1.78 bits per heavy atom. The van der Waals surface area contributed by atoms with Gasteiger partial charge in [0.25, 0.3) is 0 Å². The number of rotatable bonds is 3. The van der Waals surface area contributed by atoms with Gasteiger partial charge in [0.1, 0.15) is 5.69 Å². The first kappa shape index (κ1) is 15.2. The van der Waals surface area contributed by atoms with E-state index in [4.69, 9.17) is 0 Å². The molecule has 0 N–H and O–H groups in total. The van der Waals surface area contributed by atoms with E-state index in [1.165, 1.54) is 0 Å². The van der Waals surface area contributed by atoms with Gasteiger partial charge in [0.05, 0.1) is 4.92 Å². The van der Waals surface area contributed by atoms with E-state index < -0.39 is 0 Å². The second-order valence-corrected chi connectivity index (χ2v) is 5.51. The summed E-state index contributed by atoms with van der Waals surface area (Å²) in [7, 11) is 1.75. The Morgan fingerprint density at radius 1 is 1.13 bits per heavy atom. The van der Waals surface area contributed by atoms with Gasteiger partial charge < -0.3 is 9.80 Å². The summed E-state index contributed by atoms with van der Waals surface area (Å²) >= 11 is 0. The second-order valence-electron chi connectivity index (χ2n) is 5.51. The number of hydrogen-bond donors (Lipinski definition) is 0. The van der Waals surface area contributed by atoms with E-state index >= 15 is 0 Å². The third-order valence-corrected chi connectivity index (χ3v) is 3.97. The van der Waals surface area contributed by atoms with Crippen molar-refractivity contribution in [3.63, 3.8) is 0 Å². The molecule has 0 unspecified atom stereocenters. The fourth-order valence-electron chi connectivity index (χ4n) is 2.99. The van der Waals surface area contributed by atoms with Gasteiger partial charge in [0, 0.05) is 45.6 Å². The van der Waals surface area contributed by atoms with E-state index in [0.717, 1.165) is 19.5 Å². The number of aromatic nitrogens is 4. The van der Waals surface area contributed by atoms with Crippen molar-refractivity contribution in [2.24, 2.45) is 7.05 Å². The average Bonchev–Trinajstić information content (AvgIpc) is 2.71. The highest BCUT2D eigenvalue weighted by molar-refractivity contribution is 5.61. The lowest BCUT2D eigenvalue weighted by Crippen LogP contribution is -2.32. The molecule has 9 nitrogen and oxygen atoms in total. The van der Waals surface area contributed by atoms with E-state index in [2.05, 4.69) is 20.0 Å². The molecular weight excluding hydrogens is 298 g/mol. The molecule has 0 aromatic carbocycles. The summed E-state index contributed by atoms with van der Waals surface area (Å²) in [5.41, 5.74) is 0.539. The van der Waals surface area contributed by atoms with Crippen molar-refractivity contribution in [2.75, 3.05) is 36.0 Å². The molecule has 1 saturated heterocycles. The molecule has 122 valence electrons. The van der Waals surface area contributed by atoms with Gasteiger partial charge in [-0.05, 0) is 19.4 Å². The zero-order valence-electron chi connectivity index (χ0n) is 13.2. The van der Waals surface area contributed by atoms with Crippen LogP contribution in [0.25, 0.3) is 0 Å². The average molecular weight is 317 g/mol. The summed E-state index contributed by atoms with van der Waals surface area (Å²) in [5.74, 6) is 1.27. The molecule has 0 saturated carbocycles. The molecule has 0 radical (unpaired) electrons. The number of nitrogens with zero attached hydrogens (tertiary/aromatic N) is 7. The van der Waals surface area contributed by atoms with Gasteiger partial charge in [-0.3, -0.25) is 10.1 Å². The van der Waals surface area contributed by atoms with Crippen LogP contribution in [0.1, 0.15) is 12.1 Å². The van der Waals surface area contributed by atoms with Gasteiger partial charge in [0.2, 0.25) is 11.8 Å². The van der Waals surface area contributed by atoms with E-state index in [1.54, 1.807) is 37.1 Å². The number of nitro groups is 1. The zero-order chi connectivity index (χ0) is 16.4. The Balaban J connectivity index is 1.83. The monoisotopic (exact) mass is 317 g/mol. The topological polar surface area (TPSA) is 93.2 Å². The van der Waals surface area contributed by atoms with Crippen molar-refractivity contribution in [1.82, 2.24) is 19.7 Å². The van der Waals surface area contributed by atoms with Crippen LogP contribution in [0.15, 0.2) is 18.5 Å². The van der Waals surface area contributed by atoms with E-state index in [-0.39, 0.29) is 10.6 Å². The minimum atomic E-state index is -0.347. The SMILES string of the molecule is Cc1nn(C)c(N2CCCN(c3ncccn3)CC2)c1[N+](=O)[O-]. The van der Waals surface area contributed by atoms with Crippen LogP contribution < -0.4 is 9.80 Å². The number of hydrogen-bond acceptors (Lipinski definition) is 7. The first-order chi connectivity index (χ1) is 11.1. The molecule has 1 aliphatic heterocycles. The van der Waals surface area contributed by atoms with Crippen molar-refractivity contribution < 1.29 is 4.92 Å². The highest BCUT2D eigenvalue weighted by Crippen LogP contribution is 2.31. The summed E-state index contributed by atoms with van der Waals surface area (Å²) < 4.78 is 1.60. The van der Waals surface area contributed by atoms with Crippen molar-refractivity contribution in [3.05, 3.63) is 34.3 Å². The third kappa shape index (κ3) is 2.94.